The molecule has 40 heavy (non-hydrogen) atoms. The van der Waals surface area contributed by atoms with Crippen LogP contribution in [0.5, 0.6) is 0 Å². The highest BCUT2D eigenvalue weighted by Gasteiger charge is 2.38. The number of hydrogen-bond donors (Lipinski definition) is 1. The quantitative estimate of drug-likeness (QED) is 0.166. The van der Waals surface area contributed by atoms with Crippen LogP contribution in [0.2, 0.25) is 0 Å². The Bertz CT molecular complexity index is 1500. The molecule has 0 spiro atoms. The summed E-state index contributed by atoms with van der Waals surface area (Å²) in [4.78, 5) is 57.9. The number of esters is 1. The van der Waals surface area contributed by atoms with E-state index >= 15 is 0 Å². The maximum atomic E-state index is 13.8. The maximum absolute atomic E-state index is 13.8. The van der Waals surface area contributed by atoms with Gasteiger partial charge in [0.1, 0.15) is 0 Å². The normalized spacial score (nSPS) is 13.5. The van der Waals surface area contributed by atoms with Crippen LogP contribution >= 0.6 is 15.9 Å². The summed E-state index contributed by atoms with van der Waals surface area (Å²) in [6, 6.07) is 19.2. The number of imide groups is 1. The third-order valence-electron chi connectivity index (χ3n) is 6.35. The number of nitrogens with zero attached hydrogens (tertiary/aromatic N) is 2. The van der Waals surface area contributed by atoms with Gasteiger partial charge in [-0.15, -0.1) is 0 Å². The van der Waals surface area contributed by atoms with E-state index in [0.717, 1.165) is 4.90 Å². The van der Waals surface area contributed by atoms with E-state index in [1.165, 1.54) is 25.2 Å². The van der Waals surface area contributed by atoms with Crippen molar-refractivity contribution >= 4 is 62.3 Å². The second-order valence-electron chi connectivity index (χ2n) is 8.98. The Hall–Kier alpha value is -4.28. The number of carbonyl (C=O) groups excluding carboxylic acids is 4. The summed E-state index contributed by atoms with van der Waals surface area (Å²) in [7, 11) is 2.82. The van der Waals surface area contributed by atoms with E-state index in [1.54, 1.807) is 44.3 Å². The molecule has 1 aliphatic rings. The molecule has 10 heteroatoms. The van der Waals surface area contributed by atoms with Crippen molar-refractivity contribution in [2.24, 2.45) is 0 Å². The average molecular weight is 606 g/mol. The summed E-state index contributed by atoms with van der Waals surface area (Å²) in [5, 5.41) is 5.10. The lowest BCUT2D eigenvalue weighted by molar-refractivity contribution is -0.122. The first kappa shape index (κ1) is 28.7. The zero-order valence-corrected chi connectivity index (χ0v) is 24.1. The smallest absolute Gasteiger partial charge is 0.338 e. The molecule has 0 atom stereocenters. The zero-order chi connectivity index (χ0) is 29.0. The lowest BCUT2D eigenvalue weighted by atomic mass is 9.96. The van der Waals surface area contributed by atoms with E-state index in [9.17, 15) is 19.2 Å². The molecule has 1 aliphatic heterocycles. The van der Waals surface area contributed by atoms with Gasteiger partial charge in [-0.25, -0.2) is 14.8 Å². The fraction of sp³-hybridized carbons (Fsp3) is 0.200. The van der Waals surface area contributed by atoms with Crippen LogP contribution in [0.3, 0.4) is 0 Å². The molecule has 0 saturated heterocycles. The van der Waals surface area contributed by atoms with E-state index in [2.05, 4.69) is 21.2 Å². The van der Waals surface area contributed by atoms with Crippen LogP contribution in [0, 0.1) is 6.92 Å². The summed E-state index contributed by atoms with van der Waals surface area (Å²) in [5.74, 6) is -1.87. The van der Waals surface area contributed by atoms with Crippen LogP contribution in [0.1, 0.15) is 44.3 Å². The van der Waals surface area contributed by atoms with Crippen molar-refractivity contribution in [1.29, 1.82) is 0 Å². The summed E-state index contributed by atoms with van der Waals surface area (Å²) < 4.78 is 4.89. The van der Waals surface area contributed by atoms with Gasteiger partial charge in [-0.1, -0.05) is 46.3 Å². The van der Waals surface area contributed by atoms with Crippen molar-refractivity contribution < 1.29 is 28.8 Å². The molecule has 1 heterocycles. The SMILES string of the molecule is COC(=O)c1cc2c(cc1C)/C(=C(\Nc1ccc(C(=O)N(C)OCCBr)cc1)c1ccccc1)C(=O)N2C(C)=O. The Morgan fingerprint density at radius 1 is 1.00 bits per heavy atom. The molecule has 9 nitrogen and oxygen atoms in total. The molecule has 0 radical (unpaired) electrons. The highest BCUT2D eigenvalue weighted by molar-refractivity contribution is 9.09. The van der Waals surface area contributed by atoms with Gasteiger partial charge in [0.2, 0.25) is 5.91 Å². The summed E-state index contributed by atoms with van der Waals surface area (Å²) in [5.41, 5.74) is 4.17. The van der Waals surface area contributed by atoms with Crippen molar-refractivity contribution in [2.75, 3.05) is 36.3 Å². The first-order chi connectivity index (χ1) is 19.2. The number of alkyl halides is 1. The summed E-state index contributed by atoms with van der Waals surface area (Å²) in [6.45, 7) is 3.39. The van der Waals surface area contributed by atoms with E-state index in [4.69, 9.17) is 9.57 Å². The second-order valence-corrected chi connectivity index (χ2v) is 9.77. The van der Waals surface area contributed by atoms with Crippen molar-refractivity contribution in [3.8, 4) is 0 Å². The van der Waals surface area contributed by atoms with Crippen LogP contribution < -0.4 is 10.2 Å². The minimum atomic E-state index is -0.562. The van der Waals surface area contributed by atoms with Gasteiger partial charge in [0.25, 0.3) is 11.8 Å². The number of hydrogen-bond acceptors (Lipinski definition) is 7. The van der Waals surface area contributed by atoms with Gasteiger partial charge < -0.3 is 10.1 Å². The number of rotatable bonds is 8. The van der Waals surface area contributed by atoms with Crippen LogP contribution in [0.4, 0.5) is 11.4 Å². The van der Waals surface area contributed by atoms with E-state index < -0.39 is 17.8 Å². The fourth-order valence-corrected chi connectivity index (χ4v) is 4.58. The summed E-state index contributed by atoms with van der Waals surface area (Å²) >= 11 is 3.26. The van der Waals surface area contributed by atoms with Crippen molar-refractivity contribution in [3.63, 3.8) is 0 Å². The lowest BCUT2D eigenvalue weighted by Crippen LogP contribution is -2.31. The number of methoxy groups -OCH3 is 1. The third-order valence-corrected chi connectivity index (χ3v) is 6.68. The number of fused-ring (bicyclic) bond motifs is 1. The minimum Gasteiger partial charge on any atom is -0.465 e. The topological polar surface area (TPSA) is 105 Å². The Kier molecular flexibility index (Phi) is 8.81. The van der Waals surface area contributed by atoms with E-state index in [0.29, 0.717) is 51.3 Å². The van der Waals surface area contributed by atoms with Crippen molar-refractivity contribution in [2.45, 2.75) is 13.8 Å². The Labute approximate surface area is 240 Å². The number of amides is 3. The lowest BCUT2D eigenvalue weighted by Gasteiger charge is -2.17. The van der Waals surface area contributed by atoms with Gasteiger partial charge in [-0.05, 0) is 54.4 Å². The standard InChI is InChI=1S/C30H28BrN3O6/c1-18-16-24-25(17-23(18)30(38)39-4)34(19(2)35)29(37)26(24)27(20-8-6-5-7-9-20)32-22-12-10-21(11-13-22)28(36)33(3)40-15-14-31/h5-13,16-17,32H,14-15H2,1-4H3/b27-26+. The van der Waals surface area contributed by atoms with Gasteiger partial charge >= 0.3 is 5.97 Å². The van der Waals surface area contributed by atoms with Crippen molar-refractivity contribution in [1.82, 2.24) is 5.06 Å². The van der Waals surface area contributed by atoms with Crippen LogP contribution in [-0.4, -0.2) is 54.8 Å². The predicted octanol–water partition coefficient (Wildman–Crippen LogP) is 5.05. The van der Waals surface area contributed by atoms with Gasteiger partial charge in [0, 0.05) is 36.1 Å². The summed E-state index contributed by atoms with van der Waals surface area (Å²) in [6.07, 6.45) is 0. The number of ether oxygens (including phenoxy) is 1. The predicted molar refractivity (Wildman–Crippen MR) is 156 cm³/mol. The average Bonchev–Trinajstić information content (AvgIpc) is 3.24. The fourth-order valence-electron chi connectivity index (χ4n) is 4.44. The van der Waals surface area contributed by atoms with Gasteiger partial charge in [0.05, 0.1) is 36.2 Å². The molecular formula is C30H28BrN3O6. The maximum Gasteiger partial charge on any atom is 0.338 e. The van der Waals surface area contributed by atoms with Gasteiger partial charge in [-0.2, -0.15) is 0 Å². The number of nitrogens with one attached hydrogen (secondary N) is 1. The number of benzene rings is 3. The van der Waals surface area contributed by atoms with Gasteiger partial charge in [0.15, 0.2) is 0 Å². The van der Waals surface area contributed by atoms with E-state index in [1.807, 2.05) is 30.3 Å². The Balaban J connectivity index is 1.83. The van der Waals surface area contributed by atoms with Gasteiger partial charge in [-0.3, -0.25) is 19.2 Å². The molecule has 3 aromatic rings. The zero-order valence-electron chi connectivity index (χ0n) is 22.5. The molecule has 0 aliphatic carbocycles. The molecule has 0 fully saturated rings. The highest BCUT2D eigenvalue weighted by atomic mass is 79.9. The van der Waals surface area contributed by atoms with Crippen LogP contribution in [0.15, 0.2) is 66.7 Å². The first-order valence-corrected chi connectivity index (χ1v) is 13.5. The first-order valence-electron chi connectivity index (χ1n) is 12.4. The molecule has 206 valence electrons. The number of carbonyl (C=O) groups is 4. The molecule has 4 rings (SSSR count). The molecule has 3 amide bonds. The number of halogens is 1. The largest absolute Gasteiger partial charge is 0.465 e. The molecule has 1 N–H and O–H groups in total. The molecule has 3 aromatic carbocycles. The van der Waals surface area contributed by atoms with Crippen LogP contribution in [-0.2, 0) is 19.2 Å². The Morgan fingerprint density at radius 3 is 2.27 bits per heavy atom. The number of hydroxylamine groups is 2. The second kappa shape index (κ2) is 12.3. The Morgan fingerprint density at radius 2 is 1.68 bits per heavy atom. The number of aryl methyl sites for hydroxylation is 1. The molecular weight excluding hydrogens is 578 g/mol. The number of anilines is 2. The highest BCUT2D eigenvalue weighted by Crippen LogP contribution is 2.42. The molecule has 0 bridgehead atoms. The molecule has 0 aromatic heterocycles. The minimum absolute atomic E-state index is 0.265. The van der Waals surface area contributed by atoms with Crippen molar-refractivity contribution in [3.05, 3.63) is 94.5 Å². The van der Waals surface area contributed by atoms with Crippen LogP contribution in [0.25, 0.3) is 11.3 Å². The molecule has 0 saturated carbocycles. The monoisotopic (exact) mass is 605 g/mol. The third kappa shape index (κ3) is 5.68. The van der Waals surface area contributed by atoms with E-state index in [-0.39, 0.29) is 17.0 Å². The molecule has 0 unspecified atom stereocenters.